The molecule has 6 N–H and O–H groups in total. The number of benzene rings is 2. The van der Waals surface area contributed by atoms with Crippen molar-refractivity contribution in [1.82, 2.24) is 0 Å². The van der Waals surface area contributed by atoms with E-state index >= 15 is 0 Å². The van der Waals surface area contributed by atoms with Gasteiger partial charge < -0.3 is 30.6 Å². The molecule has 0 radical (unpaired) electrons. The molecule has 164 valence electrons. The van der Waals surface area contributed by atoms with Gasteiger partial charge in [0.15, 0.2) is 0 Å². The van der Waals surface area contributed by atoms with Crippen molar-refractivity contribution < 1.29 is 39.4 Å². The van der Waals surface area contributed by atoms with Crippen LogP contribution in [0.25, 0.3) is 0 Å². The molecule has 0 aliphatic carbocycles. The topological polar surface area (TPSA) is 121 Å². The summed E-state index contributed by atoms with van der Waals surface area (Å²) < 4.78 is 27.1. The predicted molar refractivity (Wildman–Crippen MR) is 105 cm³/mol. The van der Waals surface area contributed by atoms with Crippen molar-refractivity contribution in [2.24, 2.45) is 0 Å². The molecule has 6 nitrogen and oxygen atoms in total. The molecule has 2 aromatic rings. The third-order valence-corrected chi connectivity index (χ3v) is 5.12. The molecule has 0 aliphatic rings. The lowest BCUT2D eigenvalue weighted by atomic mass is 9.73. The molecule has 0 saturated carbocycles. The molecule has 0 bridgehead atoms. The maximum atomic E-state index is 13.6. The van der Waals surface area contributed by atoms with Crippen LogP contribution < -0.4 is 0 Å². The molecule has 30 heavy (non-hydrogen) atoms. The van der Waals surface area contributed by atoms with Crippen LogP contribution >= 0.6 is 0 Å². The van der Waals surface area contributed by atoms with Crippen LogP contribution in [0.15, 0.2) is 61.2 Å². The molecule has 8 heteroatoms. The van der Waals surface area contributed by atoms with Crippen LogP contribution in [0.5, 0.6) is 0 Å². The lowest BCUT2D eigenvalue weighted by Crippen LogP contribution is -2.66. The first-order valence-corrected chi connectivity index (χ1v) is 9.28. The van der Waals surface area contributed by atoms with Crippen molar-refractivity contribution in [3.05, 3.63) is 83.9 Å². The number of aliphatic hydroxyl groups is 6. The summed E-state index contributed by atoms with van der Waals surface area (Å²) in [5.41, 5.74) is -4.49. The van der Waals surface area contributed by atoms with Crippen LogP contribution in [0.2, 0.25) is 0 Å². The van der Waals surface area contributed by atoms with Gasteiger partial charge in [-0.2, -0.15) is 0 Å². The minimum atomic E-state index is -2.63. The van der Waals surface area contributed by atoms with Crippen LogP contribution in [0.3, 0.4) is 0 Å². The summed E-state index contributed by atoms with van der Waals surface area (Å²) in [6, 6.07) is 10.1. The second kappa shape index (κ2) is 9.74. The van der Waals surface area contributed by atoms with E-state index in [-0.39, 0.29) is 17.5 Å². The molecule has 0 aromatic heterocycles. The summed E-state index contributed by atoms with van der Waals surface area (Å²) >= 11 is 0. The van der Waals surface area contributed by atoms with Crippen molar-refractivity contribution in [1.29, 1.82) is 0 Å². The minimum absolute atomic E-state index is 0.151. The van der Waals surface area contributed by atoms with E-state index < -0.39 is 54.2 Å². The Kier molecular flexibility index (Phi) is 7.81. The van der Waals surface area contributed by atoms with E-state index in [0.29, 0.717) is 0 Å². The number of aliphatic hydroxyl groups excluding tert-OH is 4. The zero-order valence-corrected chi connectivity index (χ0v) is 16.2. The normalized spacial score (nSPS) is 18.7. The van der Waals surface area contributed by atoms with Crippen molar-refractivity contribution in [3.63, 3.8) is 0 Å². The fourth-order valence-electron chi connectivity index (χ4n) is 3.46. The highest BCUT2D eigenvalue weighted by molar-refractivity contribution is 5.26. The third kappa shape index (κ3) is 5.28. The number of hydrogen-bond donors (Lipinski definition) is 6. The van der Waals surface area contributed by atoms with Gasteiger partial charge in [-0.05, 0) is 35.4 Å². The molecule has 0 saturated heterocycles. The quantitative estimate of drug-likeness (QED) is 0.309. The second-order valence-corrected chi connectivity index (χ2v) is 7.40. The van der Waals surface area contributed by atoms with Crippen LogP contribution in [0.4, 0.5) is 8.78 Å². The minimum Gasteiger partial charge on any atom is -0.394 e. The Balaban J connectivity index is 2.47. The number of hydrogen-bond acceptors (Lipinski definition) is 6. The first kappa shape index (κ1) is 24.1. The van der Waals surface area contributed by atoms with Gasteiger partial charge in [-0.3, -0.25) is 0 Å². The van der Waals surface area contributed by atoms with E-state index in [1.54, 1.807) is 0 Å². The van der Waals surface area contributed by atoms with E-state index in [9.17, 15) is 39.4 Å². The summed E-state index contributed by atoms with van der Waals surface area (Å²) in [7, 11) is 0. The molecule has 0 amide bonds. The Bertz CT molecular complexity index is 863. The Morgan fingerprint density at radius 2 is 1.40 bits per heavy atom. The highest BCUT2D eigenvalue weighted by Gasteiger charge is 2.53. The van der Waals surface area contributed by atoms with Crippen LogP contribution in [-0.2, 0) is 12.8 Å². The summed E-state index contributed by atoms with van der Waals surface area (Å²) in [6.45, 7) is 2.51. The molecule has 0 heterocycles. The summed E-state index contributed by atoms with van der Waals surface area (Å²) in [6.07, 6.45) is -6.20. The Labute approximate surface area is 173 Å². The molecule has 0 fully saturated rings. The second-order valence-electron chi connectivity index (χ2n) is 7.40. The smallest absolute Gasteiger partial charge is 0.126 e. The van der Waals surface area contributed by atoms with Gasteiger partial charge in [0.1, 0.15) is 41.1 Å². The highest BCUT2D eigenvalue weighted by Crippen LogP contribution is 2.33. The van der Waals surface area contributed by atoms with Gasteiger partial charge in [-0.1, -0.05) is 30.3 Å². The molecule has 0 spiro atoms. The zero-order chi connectivity index (χ0) is 22.5. The average molecular weight is 424 g/mol. The Morgan fingerprint density at radius 3 is 1.83 bits per heavy atom. The SMILES string of the molecule is C=CC(O)(Cc1cccc(F)c1)[C@@H](O)[C@@](O)(Cc1cccc(F)c1)[C@H](O)[C@@H](O)CO. The summed E-state index contributed by atoms with van der Waals surface area (Å²) in [5, 5.41) is 62.8. The predicted octanol–water partition coefficient (Wildman–Crippen LogP) is 0.473. The molecule has 5 atom stereocenters. The third-order valence-electron chi connectivity index (χ3n) is 5.12. The summed E-state index contributed by atoms with van der Waals surface area (Å²) in [5.74, 6) is -1.22. The van der Waals surface area contributed by atoms with Gasteiger partial charge in [0.2, 0.25) is 0 Å². The van der Waals surface area contributed by atoms with Crippen LogP contribution in [0.1, 0.15) is 11.1 Å². The van der Waals surface area contributed by atoms with Gasteiger partial charge in [-0.25, -0.2) is 8.78 Å². The lowest BCUT2D eigenvalue weighted by molar-refractivity contribution is -0.218. The standard InChI is InChI=1S/C22H26F2O6/c1-2-21(29,11-14-5-3-7-16(23)9-14)20(28)22(30,19(27)18(26)13-25)12-15-6-4-8-17(24)10-15/h2-10,18-20,25-30H,1,11-13H2/t18-,19+,20+,21?,22+/m0/s1. The van der Waals surface area contributed by atoms with Crippen LogP contribution in [-0.4, -0.2) is 66.8 Å². The zero-order valence-electron chi connectivity index (χ0n) is 16.2. The fraction of sp³-hybridized carbons (Fsp3) is 0.364. The maximum Gasteiger partial charge on any atom is 0.126 e. The van der Waals surface area contributed by atoms with Gasteiger partial charge >= 0.3 is 0 Å². The highest BCUT2D eigenvalue weighted by atomic mass is 19.1. The number of rotatable bonds is 10. The average Bonchev–Trinajstić information content (AvgIpc) is 2.71. The molecular weight excluding hydrogens is 398 g/mol. The molecule has 2 aromatic carbocycles. The molecular formula is C22H26F2O6. The van der Waals surface area contributed by atoms with E-state index in [1.807, 2.05) is 0 Å². The van der Waals surface area contributed by atoms with Crippen LogP contribution in [0, 0.1) is 11.6 Å². The Hall–Kier alpha value is -2.20. The van der Waals surface area contributed by atoms with E-state index in [4.69, 9.17) is 0 Å². The van der Waals surface area contributed by atoms with Gasteiger partial charge in [-0.15, -0.1) is 6.58 Å². The van der Waals surface area contributed by atoms with E-state index in [0.717, 1.165) is 24.3 Å². The largest absolute Gasteiger partial charge is 0.394 e. The fourth-order valence-corrected chi connectivity index (χ4v) is 3.46. The summed E-state index contributed by atoms with van der Waals surface area (Å²) in [4.78, 5) is 0. The molecule has 0 aliphatic heterocycles. The number of halogens is 2. The molecule has 1 unspecified atom stereocenters. The van der Waals surface area contributed by atoms with E-state index in [1.165, 1.54) is 30.3 Å². The molecule has 2 rings (SSSR count). The lowest BCUT2D eigenvalue weighted by Gasteiger charge is -2.45. The van der Waals surface area contributed by atoms with Gasteiger partial charge in [0.05, 0.1) is 6.61 Å². The van der Waals surface area contributed by atoms with Crippen molar-refractivity contribution in [3.8, 4) is 0 Å². The van der Waals surface area contributed by atoms with Crippen molar-refractivity contribution in [2.45, 2.75) is 42.4 Å². The van der Waals surface area contributed by atoms with E-state index in [2.05, 4.69) is 6.58 Å². The Morgan fingerprint density at radius 1 is 0.900 bits per heavy atom. The first-order chi connectivity index (χ1) is 14.1. The first-order valence-electron chi connectivity index (χ1n) is 9.28. The van der Waals surface area contributed by atoms with Gasteiger partial charge in [0, 0.05) is 12.8 Å². The van der Waals surface area contributed by atoms with Crippen molar-refractivity contribution in [2.75, 3.05) is 6.61 Å². The van der Waals surface area contributed by atoms with Crippen molar-refractivity contribution >= 4 is 0 Å². The maximum absolute atomic E-state index is 13.6. The monoisotopic (exact) mass is 424 g/mol. The van der Waals surface area contributed by atoms with Gasteiger partial charge in [0.25, 0.3) is 0 Å².